The fourth-order valence-electron chi connectivity index (χ4n) is 14.0. The summed E-state index contributed by atoms with van der Waals surface area (Å²) >= 11 is 0. The van der Waals surface area contributed by atoms with E-state index in [0.29, 0.717) is 23.6 Å². The molecule has 4 aromatic heterocycles. The van der Waals surface area contributed by atoms with Gasteiger partial charge in [0.25, 0.3) is 0 Å². The van der Waals surface area contributed by atoms with Gasteiger partial charge in [-0.3, -0.25) is 0 Å². The molecule has 488 valence electrons. The summed E-state index contributed by atoms with van der Waals surface area (Å²) in [5.74, 6) is 2.02. The molecule has 8 nitrogen and oxygen atoms in total. The Morgan fingerprint density at radius 2 is 0.441 bits per heavy atom. The summed E-state index contributed by atoms with van der Waals surface area (Å²) in [5.41, 5.74) is 30.0. The second-order valence-electron chi connectivity index (χ2n) is 26.2. The average molecular weight is 1320 g/mol. The van der Waals surface area contributed by atoms with Crippen LogP contribution >= 0.6 is 0 Å². The van der Waals surface area contributed by atoms with Crippen molar-refractivity contribution in [2.24, 2.45) is 0 Å². The van der Waals surface area contributed by atoms with Crippen molar-refractivity contribution in [3.8, 4) is 124 Å². The van der Waals surface area contributed by atoms with Crippen LogP contribution in [-0.4, -0.2) is 29.5 Å². The summed E-state index contributed by atoms with van der Waals surface area (Å²) in [6.45, 7) is 8.63. The highest BCUT2D eigenvalue weighted by molar-refractivity contribution is 6.13. The summed E-state index contributed by atoms with van der Waals surface area (Å²) in [6.07, 6.45) is 2.07. The molecule has 0 aliphatic carbocycles. The van der Waals surface area contributed by atoms with Crippen LogP contribution in [0.1, 0.15) is 36.1 Å². The van der Waals surface area contributed by atoms with Crippen molar-refractivity contribution in [1.82, 2.24) is 29.5 Å². The normalized spacial score (nSPS) is 11.4. The largest absolute Gasteiger partial charge is 0.416 e. The van der Waals surface area contributed by atoms with Crippen molar-refractivity contribution in [3.63, 3.8) is 0 Å². The molecule has 0 saturated heterocycles. The Morgan fingerprint density at radius 1 is 0.225 bits per heavy atom. The van der Waals surface area contributed by atoms with E-state index in [2.05, 4.69) is 324 Å². The molecule has 0 fully saturated rings. The zero-order valence-corrected chi connectivity index (χ0v) is 57.1. The number of hydrogen-bond donors (Lipinski definition) is 0. The molecule has 0 N–H and O–H groups in total. The Hall–Kier alpha value is -13.0. The average Bonchev–Trinajstić information content (AvgIpc) is 1.59. The van der Waals surface area contributed by atoms with E-state index in [4.69, 9.17) is 8.83 Å². The first-order valence-corrected chi connectivity index (χ1v) is 34.9. The molecular formula is C94H70N6O2. The maximum Gasteiger partial charge on any atom is 0.248 e. The van der Waals surface area contributed by atoms with Gasteiger partial charge in [-0.05, 0) is 226 Å². The van der Waals surface area contributed by atoms with Gasteiger partial charge in [0.2, 0.25) is 23.6 Å². The van der Waals surface area contributed by atoms with Crippen molar-refractivity contribution < 1.29 is 8.83 Å². The van der Waals surface area contributed by atoms with Gasteiger partial charge in [-0.15, -0.1) is 20.4 Å². The van der Waals surface area contributed by atoms with Crippen molar-refractivity contribution in [2.75, 3.05) is 0 Å². The summed E-state index contributed by atoms with van der Waals surface area (Å²) in [5, 5.41) is 22.1. The van der Waals surface area contributed by atoms with E-state index in [0.717, 1.165) is 57.5 Å². The van der Waals surface area contributed by atoms with Gasteiger partial charge in [-0.25, -0.2) is 0 Å². The third-order valence-electron chi connectivity index (χ3n) is 19.8. The van der Waals surface area contributed by atoms with Crippen LogP contribution in [0.3, 0.4) is 0 Å². The molecule has 0 spiro atoms. The lowest BCUT2D eigenvalue weighted by atomic mass is 9.97. The van der Waals surface area contributed by atoms with E-state index in [1.54, 1.807) is 0 Å². The SMILES string of the molecule is CCc1ccc(-c2ccc3c(c2)c2cc(-c4ccc(CC)cc4)ccc2n3-c2ccc(-c3nnc(-c4ccccc4)o3)cc2)cc1.Cc1ccc(-c2ccc(-c3ccc4c(c3)c3cc(-c5ccc(-c6ccc(C)cc6)cc5)ccc3n4-c3ccc(-c4nnc(-c5ccccc5)o4)cc3)cc2)cc1. The monoisotopic (exact) mass is 1310 g/mol. The molecule has 8 heteroatoms. The highest BCUT2D eigenvalue weighted by atomic mass is 16.4. The van der Waals surface area contributed by atoms with E-state index in [1.807, 2.05) is 60.7 Å². The van der Waals surface area contributed by atoms with Gasteiger partial charge < -0.3 is 18.0 Å². The number of nitrogens with zero attached hydrogens (tertiary/aromatic N) is 6. The first kappa shape index (κ1) is 62.5. The number of aromatic nitrogens is 6. The lowest BCUT2D eigenvalue weighted by Gasteiger charge is -2.10. The quantitative estimate of drug-likeness (QED) is 0.108. The van der Waals surface area contributed by atoms with Crippen molar-refractivity contribution in [3.05, 3.63) is 350 Å². The molecule has 0 radical (unpaired) electrons. The van der Waals surface area contributed by atoms with E-state index in [9.17, 15) is 0 Å². The molecule has 0 atom stereocenters. The van der Waals surface area contributed by atoms with Crippen LogP contribution < -0.4 is 0 Å². The molecule has 18 aromatic rings. The lowest BCUT2D eigenvalue weighted by molar-refractivity contribution is 0.584. The molecule has 14 aromatic carbocycles. The van der Waals surface area contributed by atoms with Gasteiger partial charge >= 0.3 is 0 Å². The Morgan fingerprint density at radius 3 is 0.706 bits per heavy atom. The first-order chi connectivity index (χ1) is 50.2. The Kier molecular flexibility index (Phi) is 16.5. The summed E-state index contributed by atoms with van der Waals surface area (Å²) in [7, 11) is 0. The Bertz CT molecular complexity index is 5760. The molecule has 102 heavy (non-hydrogen) atoms. The predicted molar refractivity (Wildman–Crippen MR) is 420 cm³/mol. The lowest BCUT2D eigenvalue weighted by Crippen LogP contribution is -1.94. The molecular weight excluding hydrogens is 1250 g/mol. The van der Waals surface area contributed by atoms with E-state index < -0.39 is 0 Å². The van der Waals surface area contributed by atoms with Crippen LogP contribution in [0.25, 0.3) is 168 Å². The van der Waals surface area contributed by atoms with Gasteiger partial charge in [0.05, 0.1) is 22.1 Å². The van der Waals surface area contributed by atoms with Crippen molar-refractivity contribution in [1.29, 1.82) is 0 Å². The van der Waals surface area contributed by atoms with Crippen LogP contribution in [0.4, 0.5) is 0 Å². The van der Waals surface area contributed by atoms with Crippen molar-refractivity contribution >= 4 is 43.6 Å². The standard InChI is InChI=1S/C52H37N3O.C42H33N3O/c1-34-8-12-36(13-9-34)38-16-20-40(21-17-38)44-26-30-49-47(32-44)48-33-45(41-22-18-39(19-23-41)37-14-10-35(2)11-15-37)27-31-50(48)55(49)46-28-24-43(25-29-46)52-54-53-51(56-52)42-6-4-3-5-7-42;1-3-28-10-14-30(15-11-28)34-20-24-39-37(26-34)38-27-35(31-16-12-29(4-2)13-17-31)21-25-40(38)45(39)36-22-18-33(19-23-36)42-44-43-41(46-42)32-8-6-5-7-9-32/h3-33H,1-2H3;5-27H,3-4H2,1-2H3. The predicted octanol–water partition coefficient (Wildman–Crippen LogP) is 24.7. The number of fused-ring (bicyclic) bond motifs is 6. The third kappa shape index (κ3) is 12.3. The minimum atomic E-state index is 0.494. The minimum Gasteiger partial charge on any atom is -0.416 e. The Labute approximate surface area is 592 Å². The number of hydrogen-bond acceptors (Lipinski definition) is 6. The molecule has 0 aliphatic rings. The fraction of sp³-hybridized carbons (Fsp3) is 0.0638. The van der Waals surface area contributed by atoms with Crippen LogP contribution in [-0.2, 0) is 12.8 Å². The number of rotatable bonds is 14. The molecule has 18 rings (SSSR count). The highest BCUT2D eigenvalue weighted by Crippen LogP contribution is 2.41. The molecule has 0 unspecified atom stereocenters. The Balaban J connectivity index is 0.000000155. The van der Waals surface area contributed by atoms with Gasteiger partial charge in [0.1, 0.15) is 0 Å². The van der Waals surface area contributed by atoms with Gasteiger partial charge in [0, 0.05) is 55.2 Å². The van der Waals surface area contributed by atoms with Gasteiger partial charge in [-0.1, -0.05) is 231 Å². The third-order valence-corrected chi connectivity index (χ3v) is 19.8. The number of aryl methyl sites for hydroxylation is 4. The molecule has 0 amide bonds. The smallest absolute Gasteiger partial charge is 0.248 e. The van der Waals surface area contributed by atoms with E-state index in [1.165, 1.54) is 122 Å². The van der Waals surface area contributed by atoms with Crippen LogP contribution in [0.5, 0.6) is 0 Å². The van der Waals surface area contributed by atoms with Gasteiger partial charge in [-0.2, -0.15) is 0 Å². The summed E-state index contributed by atoms with van der Waals surface area (Å²) in [4.78, 5) is 0. The van der Waals surface area contributed by atoms with Crippen LogP contribution in [0.15, 0.2) is 336 Å². The zero-order chi connectivity index (χ0) is 68.6. The zero-order valence-electron chi connectivity index (χ0n) is 57.1. The molecule has 0 aliphatic heterocycles. The second kappa shape index (κ2) is 27.0. The van der Waals surface area contributed by atoms with Gasteiger partial charge in [0.15, 0.2) is 0 Å². The minimum absolute atomic E-state index is 0.494. The molecule has 4 heterocycles. The fourth-order valence-corrected chi connectivity index (χ4v) is 14.0. The maximum absolute atomic E-state index is 6.08. The summed E-state index contributed by atoms with van der Waals surface area (Å²) in [6, 6.07) is 117. The number of benzene rings is 14. The highest BCUT2D eigenvalue weighted by Gasteiger charge is 2.20. The second-order valence-corrected chi connectivity index (χ2v) is 26.2. The van der Waals surface area contributed by atoms with E-state index in [-0.39, 0.29) is 0 Å². The van der Waals surface area contributed by atoms with Crippen molar-refractivity contribution in [2.45, 2.75) is 40.5 Å². The van der Waals surface area contributed by atoms with E-state index >= 15 is 0 Å². The first-order valence-electron chi connectivity index (χ1n) is 34.9. The van der Waals surface area contributed by atoms with Crippen LogP contribution in [0.2, 0.25) is 0 Å². The topological polar surface area (TPSA) is 87.7 Å². The molecule has 0 saturated carbocycles. The molecule has 0 bridgehead atoms. The maximum atomic E-state index is 6.08. The summed E-state index contributed by atoms with van der Waals surface area (Å²) < 4.78 is 16.8. The van der Waals surface area contributed by atoms with Crippen LogP contribution in [0, 0.1) is 13.8 Å².